The molecule has 8 heteroatoms. The van der Waals surface area contributed by atoms with Gasteiger partial charge in [0.1, 0.15) is 17.3 Å². The van der Waals surface area contributed by atoms with Gasteiger partial charge in [0, 0.05) is 41.2 Å². The van der Waals surface area contributed by atoms with Crippen molar-refractivity contribution >= 4 is 17.2 Å². The minimum absolute atomic E-state index is 0.148. The van der Waals surface area contributed by atoms with Gasteiger partial charge in [0.2, 0.25) is 5.91 Å². The van der Waals surface area contributed by atoms with Crippen LogP contribution in [0, 0.1) is 19.7 Å². The molecule has 0 bridgehead atoms. The highest BCUT2D eigenvalue weighted by Gasteiger charge is 2.15. The van der Waals surface area contributed by atoms with E-state index in [0.717, 1.165) is 33.9 Å². The number of amides is 1. The van der Waals surface area contributed by atoms with Crippen LogP contribution in [0.15, 0.2) is 48.5 Å². The molecule has 4 rings (SSSR count). The van der Waals surface area contributed by atoms with Gasteiger partial charge >= 0.3 is 0 Å². The fraction of sp³-hybridized carbons (Fsp3) is 0.240. The molecular weight excluding hydrogens is 423 g/mol. The molecule has 0 saturated carbocycles. The van der Waals surface area contributed by atoms with Crippen LogP contribution in [0.25, 0.3) is 16.9 Å². The van der Waals surface area contributed by atoms with E-state index in [0.29, 0.717) is 23.6 Å². The number of nitrogens with one attached hydrogen (secondary N) is 1. The van der Waals surface area contributed by atoms with Gasteiger partial charge in [0.25, 0.3) is 0 Å². The van der Waals surface area contributed by atoms with Crippen LogP contribution in [0.5, 0.6) is 11.5 Å². The molecule has 170 valence electrons. The number of fused-ring (bicyclic) bond motifs is 1. The monoisotopic (exact) mass is 448 g/mol. The third-order valence-electron chi connectivity index (χ3n) is 5.54. The second-order valence-corrected chi connectivity index (χ2v) is 7.72. The Labute approximate surface area is 191 Å². The number of anilines is 1. The SMILES string of the molecule is COc1cc(OC)cc(-c2cc3nc(C)c(CCC(=O)Nc4ccc(F)cc4)c(C)n3n2)c1. The molecule has 0 atom stereocenters. The van der Waals surface area contributed by atoms with Crippen LogP contribution >= 0.6 is 0 Å². The maximum atomic E-state index is 13.1. The average Bonchev–Trinajstić information content (AvgIpc) is 3.24. The van der Waals surface area contributed by atoms with Crippen LogP contribution in [-0.2, 0) is 11.2 Å². The number of aromatic nitrogens is 3. The number of hydrogen-bond acceptors (Lipinski definition) is 5. The van der Waals surface area contributed by atoms with E-state index >= 15 is 0 Å². The van der Waals surface area contributed by atoms with Crippen molar-refractivity contribution in [1.29, 1.82) is 0 Å². The average molecular weight is 448 g/mol. The Morgan fingerprint density at radius 1 is 1.03 bits per heavy atom. The number of methoxy groups -OCH3 is 2. The lowest BCUT2D eigenvalue weighted by atomic mass is 10.1. The largest absolute Gasteiger partial charge is 0.497 e. The fourth-order valence-electron chi connectivity index (χ4n) is 3.78. The van der Waals surface area contributed by atoms with Gasteiger partial charge in [-0.15, -0.1) is 0 Å². The molecule has 1 amide bonds. The number of halogens is 1. The lowest BCUT2D eigenvalue weighted by Gasteiger charge is -2.11. The van der Waals surface area contributed by atoms with Crippen molar-refractivity contribution in [2.24, 2.45) is 0 Å². The number of carbonyl (C=O) groups is 1. The van der Waals surface area contributed by atoms with E-state index in [2.05, 4.69) is 5.32 Å². The van der Waals surface area contributed by atoms with E-state index in [4.69, 9.17) is 19.6 Å². The fourth-order valence-corrected chi connectivity index (χ4v) is 3.78. The summed E-state index contributed by atoms with van der Waals surface area (Å²) < 4.78 is 25.6. The van der Waals surface area contributed by atoms with Gasteiger partial charge in [-0.1, -0.05) is 0 Å². The van der Waals surface area contributed by atoms with Crippen molar-refractivity contribution in [1.82, 2.24) is 14.6 Å². The highest BCUT2D eigenvalue weighted by Crippen LogP contribution is 2.30. The summed E-state index contributed by atoms with van der Waals surface area (Å²) in [5.41, 5.74) is 5.63. The van der Waals surface area contributed by atoms with Gasteiger partial charge in [-0.2, -0.15) is 5.10 Å². The maximum Gasteiger partial charge on any atom is 0.224 e. The lowest BCUT2D eigenvalue weighted by Crippen LogP contribution is -2.14. The predicted molar refractivity (Wildman–Crippen MR) is 124 cm³/mol. The van der Waals surface area contributed by atoms with Gasteiger partial charge in [-0.05, 0) is 62.2 Å². The van der Waals surface area contributed by atoms with E-state index in [1.807, 2.05) is 38.1 Å². The summed E-state index contributed by atoms with van der Waals surface area (Å²) in [5.74, 6) is 0.861. The normalized spacial score (nSPS) is 10.9. The van der Waals surface area contributed by atoms with Crippen molar-refractivity contribution in [3.8, 4) is 22.8 Å². The zero-order valence-corrected chi connectivity index (χ0v) is 19.0. The minimum atomic E-state index is -0.343. The predicted octanol–water partition coefficient (Wildman–Crippen LogP) is 4.74. The highest BCUT2D eigenvalue weighted by molar-refractivity contribution is 5.90. The summed E-state index contributed by atoms with van der Waals surface area (Å²) in [6.45, 7) is 3.90. The molecule has 2 aromatic heterocycles. The van der Waals surface area contributed by atoms with Crippen LogP contribution in [0.4, 0.5) is 10.1 Å². The smallest absolute Gasteiger partial charge is 0.224 e. The third kappa shape index (κ3) is 4.79. The first-order chi connectivity index (χ1) is 15.9. The molecule has 7 nitrogen and oxygen atoms in total. The first-order valence-corrected chi connectivity index (χ1v) is 10.5. The van der Waals surface area contributed by atoms with Crippen LogP contribution in [0.1, 0.15) is 23.4 Å². The molecule has 1 N–H and O–H groups in total. The van der Waals surface area contributed by atoms with E-state index < -0.39 is 0 Å². The van der Waals surface area contributed by atoms with Crippen LogP contribution < -0.4 is 14.8 Å². The molecular formula is C25H25FN4O3. The Hall–Kier alpha value is -3.94. The van der Waals surface area contributed by atoms with Gasteiger partial charge in [-0.3, -0.25) is 4.79 Å². The van der Waals surface area contributed by atoms with Crippen molar-refractivity contribution in [3.05, 3.63) is 71.3 Å². The minimum Gasteiger partial charge on any atom is -0.497 e. The Kier molecular flexibility index (Phi) is 6.26. The summed E-state index contributed by atoms with van der Waals surface area (Å²) in [7, 11) is 3.21. The van der Waals surface area contributed by atoms with Crippen molar-refractivity contribution in [2.75, 3.05) is 19.5 Å². The second-order valence-electron chi connectivity index (χ2n) is 7.72. The van der Waals surface area contributed by atoms with E-state index in [-0.39, 0.29) is 18.1 Å². The molecule has 33 heavy (non-hydrogen) atoms. The van der Waals surface area contributed by atoms with Gasteiger partial charge < -0.3 is 14.8 Å². The number of carbonyl (C=O) groups excluding carboxylic acids is 1. The molecule has 2 aromatic carbocycles. The highest BCUT2D eigenvalue weighted by atomic mass is 19.1. The molecule has 0 fully saturated rings. The third-order valence-corrected chi connectivity index (χ3v) is 5.54. The Morgan fingerprint density at radius 2 is 1.70 bits per heavy atom. The molecule has 0 saturated heterocycles. The van der Waals surface area contributed by atoms with Crippen molar-refractivity contribution in [2.45, 2.75) is 26.7 Å². The summed E-state index contributed by atoms with van der Waals surface area (Å²) in [4.78, 5) is 17.1. The van der Waals surface area contributed by atoms with Crippen molar-refractivity contribution in [3.63, 3.8) is 0 Å². The molecule has 0 radical (unpaired) electrons. The zero-order chi connectivity index (χ0) is 23.5. The van der Waals surface area contributed by atoms with E-state index in [1.165, 1.54) is 24.3 Å². The van der Waals surface area contributed by atoms with Gasteiger partial charge in [-0.25, -0.2) is 13.9 Å². The van der Waals surface area contributed by atoms with E-state index in [1.54, 1.807) is 18.7 Å². The quantitative estimate of drug-likeness (QED) is 0.442. The van der Waals surface area contributed by atoms with Gasteiger partial charge in [0.05, 0.1) is 19.9 Å². The second kappa shape index (κ2) is 9.28. The molecule has 0 aliphatic rings. The van der Waals surface area contributed by atoms with Crippen LogP contribution in [0.3, 0.4) is 0 Å². The summed E-state index contributed by atoms with van der Waals surface area (Å²) in [6.07, 6.45) is 0.781. The summed E-state index contributed by atoms with van der Waals surface area (Å²) >= 11 is 0. The lowest BCUT2D eigenvalue weighted by molar-refractivity contribution is -0.116. The first-order valence-electron chi connectivity index (χ1n) is 10.5. The van der Waals surface area contributed by atoms with Gasteiger partial charge in [0.15, 0.2) is 5.65 Å². The Balaban J connectivity index is 1.58. The molecule has 2 heterocycles. The summed E-state index contributed by atoms with van der Waals surface area (Å²) in [6, 6.07) is 13.2. The Bertz CT molecular complexity index is 1290. The topological polar surface area (TPSA) is 77.8 Å². The summed E-state index contributed by atoms with van der Waals surface area (Å²) in [5, 5.41) is 7.54. The number of nitrogens with zero attached hydrogens (tertiary/aromatic N) is 3. The number of aryl methyl sites for hydroxylation is 2. The Morgan fingerprint density at radius 3 is 2.33 bits per heavy atom. The molecule has 0 aliphatic carbocycles. The molecule has 0 aliphatic heterocycles. The molecule has 0 spiro atoms. The molecule has 4 aromatic rings. The number of hydrogen-bond donors (Lipinski definition) is 1. The maximum absolute atomic E-state index is 13.1. The van der Waals surface area contributed by atoms with Crippen molar-refractivity contribution < 1.29 is 18.7 Å². The first kappa shape index (κ1) is 22.3. The van der Waals surface area contributed by atoms with Crippen LogP contribution in [-0.4, -0.2) is 34.7 Å². The number of ether oxygens (including phenoxy) is 2. The zero-order valence-electron chi connectivity index (χ0n) is 19.0. The standard InChI is InChI=1S/C25H25FN4O3/c1-15-22(9-10-25(31)28-19-7-5-18(26)6-8-19)16(2)30-24(27-15)14-23(29-30)17-11-20(32-3)13-21(12-17)33-4/h5-8,11-14H,9-10H2,1-4H3,(H,28,31). The molecule has 0 unspecified atom stereocenters. The van der Waals surface area contributed by atoms with E-state index in [9.17, 15) is 9.18 Å². The number of benzene rings is 2. The number of rotatable bonds is 7. The van der Waals surface area contributed by atoms with Crippen LogP contribution in [0.2, 0.25) is 0 Å².